The van der Waals surface area contributed by atoms with Gasteiger partial charge in [-0.2, -0.15) is 0 Å². The highest BCUT2D eigenvalue weighted by Crippen LogP contribution is 2.02. The Hall–Kier alpha value is -0.770. The van der Waals surface area contributed by atoms with Crippen LogP contribution < -0.4 is 10.6 Å². The van der Waals surface area contributed by atoms with Gasteiger partial charge in [-0.3, -0.25) is 0 Å². The normalized spacial score (nSPS) is 14.6. The molecular weight excluding hydrogens is 204 g/mol. The van der Waals surface area contributed by atoms with Crippen LogP contribution in [0.5, 0.6) is 0 Å². The molecule has 0 saturated carbocycles. The third kappa shape index (κ3) is 7.51. The SMILES string of the molecule is CC(C)CCCNC(=O)NC(C)C(C)CO. The number of amides is 2. The first-order valence-corrected chi connectivity index (χ1v) is 6.12. The standard InChI is InChI=1S/C12H26N2O2/c1-9(2)6-5-7-13-12(16)14-11(4)10(3)8-15/h9-11,15H,5-8H2,1-4H3,(H2,13,14,16). The average molecular weight is 230 g/mol. The zero-order valence-corrected chi connectivity index (χ0v) is 10.9. The van der Waals surface area contributed by atoms with E-state index in [1.807, 2.05) is 13.8 Å². The van der Waals surface area contributed by atoms with E-state index in [0.29, 0.717) is 12.5 Å². The van der Waals surface area contributed by atoms with E-state index in [4.69, 9.17) is 5.11 Å². The first-order valence-electron chi connectivity index (χ1n) is 6.12. The summed E-state index contributed by atoms with van der Waals surface area (Å²) in [6.07, 6.45) is 2.14. The van der Waals surface area contributed by atoms with Crippen LogP contribution in [0.4, 0.5) is 4.79 Å². The summed E-state index contributed by atoms with van der Waals surface area (Å²) < 4.78 is 0. The van der Waals surface area contributed by atoms with Gasteiger partial charge in [0.25, 0.3) is 0 Å². The van der Waals surface area contributed by atoms with Gasteiger partial charge in [0.2, 0.25) is 0 Å². The van der Waals surface area contributed by atoms with Crippen molar-refractivity contribution in [3.8, 4) is 0 Å². The van der Waals surface area contributed by atoms with E-state index in [1.54, 1.807) is 0 Å². The van der Waals surface area contributed by atoms with Crippen LogP contribution in [-0.4, -0.2) is 30.3 Å². The molecule has 16 heavy (non-hydrogen) atoms. The number of hydrogen-bond acceptors (Lipinski definition) is 2. The Bertz CT molecular complexity index is 195. The molecule has 2 atom stereocenters. The van der Waals surface area contributed by atoms with Crippen LogP contribution in [-0.2, 0) is 0 Å². The third-order valence-electron chi connectivity index (χ3n) is 2.74. The quantitative estimate of drug-likeness (QED) is 0.583. The maximum atomic E-state index is 11.4. The Morgan fingerprint density at radius 2 is 1.88 bits per heavy atom. The second-order valence-electron chi connectivity index (χ2n) is 4.88. The van der Waals surface area contributed by atoms with E-state index in [0.717, 1.165) is 12.8 Å². The van der Waals surface area contributed by atoms with Crippen LogP contribution in [0.15, 0.2) is 0 Å². The lowest BCUT2D eigenvalue weighted by Crippen LogP contribution is -2.44. The Kier molecular flexibility index (Phi) is 7.99. The van der Waals surface area contributed by atoms with Gasteiger partial charge in [0, 0.05) is 19.2 Å². The summed E-state index contributed by atoms with van der Waals surface area (Å²) in [5, 5.41) is 14.5. The molecular formula is C12H26N2O2. The first kappa shape index (κ1) is 15.2. The fraction of sp³-hybridized carbons (Fsp3) is 0.917. The van der Waals surface area contributed by atoms with Crippen molar-refractivity contribution < 1.29 is 9.90 Å². The number of aliphatic hydroxyl groups is 1. The molecule has 0 bridgehead atoms. The number of hydrogen-bond donors (Lipinski definition) is 3. The fourth-order valence-electron chi connectivity index (χ4n) is 1.27. The van der Waals surface area contributed by atoms with Crippen molar-refractivity contribution in [1.82, 2.24) is 10.6 Å². The molecule has 0 aromatic rings. The number of carbonyl (C=O) groups excluding carboxylic acids is 1. The van der Waals surface area contributed by atoms with Gasteiger partial charge in [-0.25, -0.2) is 4.79 Å². The maximum absolute atomic E-state index is 11.4. The number of urea groups is 1. The minimum atomic E-state index is -0.142. The van der Waals surface area contributed by atoms with Crippen LogP contribution in [0.2, 0.25) is 0 Å². The zero-order valence-electron chi connectivity index (χ0n) is 10.9. The van der Waals surface area contributed by atoms with E-state index in [1.165, 1.54) is 0 Å². The number of nitrogens with one attached hydrogen (secondary N) is 2. The van der Waals surface area contributed by atoms with E-state index in [-0.39, 0.29) is 24.6 Å². The maximum Gasteiger partial charge on any atom is 0.315 e. The largest absolute Gasteiger partial charge is 0.396 e. The van der Waals surface area contributed by atoms with Crippen molar-refractivity contribution in [3.05, 3.63) is 0 Å². The van der Waals surface area contributed by atoms with Crippen LogP contribution in [0.1, 0.15) is 40.5 Å². The van der Waals surface area contributed by atoms with Crippen LogP contribution >= 0.6 is 0 Å². The molecule has 0 aliphatic carbocycles. The van der Waals surface area contributed by atoms with E-state index >= 15 is 0 Å². The molecule has 0 aliphatic rings. The number of rotatable bonds is 7. The van der Waals surface area contributed by atoms with Crippen molar-refractivity contribution in [3.63, 3.8) is 0 Å². The summed E-state index contributed by atoms with van der Waals surface area (Å²) in [7, 11) is 0. The van der Waals surface area contributed by atoms with Gasteiger partial charge in [-0.15, -0.1) is 0 Å². The summed E-state index contributed by atoms with van der Waals surface area (Å²) in [6, 6.07) is -0.147. The van der Waals surface area contributed by atoms with Crippen molar-refractivity contribution in [2.24, 2.45) is 11.8 Å². The lowest BCUT2D eigenvalue weighted by molar-refractivity contribution is 0.200. The van der Waals surface area contributed by atoms with Crippen molar-refractivity contribution in [2.45, 2.75) is 46.6 Å². The van der Waals surface area contributed by atoms with Gasteiger partial charge in [-0.05, 0) is 31.6 Å². The molecule has 0 radical (unpaired) electrons. The monoisotopic (exact) mass is 230 g/mol. The topological polar surface area (TPSA) is 61.4 Å². The smallest absolute Gasteiger partial charge is 0.315 e. The van der Waals surface area contributed by atoms with E-state index < -0.39 is 0 Å². The van der Waals surface area contributed by atoms with Crippen molar-refractivity contribution in [1.29, 1.82) is 0 Å². The lowest BCUT2D eigenvalue weighted by Gasteiger charge is -2.19. The predicted octanol–water partition coefficient (Wildman–Crippen LogP) is 1.74. The zero-order chi connectivity index (χ0) is 12.6. The summed E-state index contributed by atoms with van der Waals surface area (Å²) in [6.45, 7) is 8.95. The molecule has 0 rings (SSSR count). The molecule has 96 valence electrons. The first-order chi connectivity index (χ1) is 7.47. The Labute approximate surface area is 98.8 Å². The van der Waals surface area contributed by atoms with Crippen LogP contribution in [0, 0.1) is 11.8 Å². The molecule has 2 unspecified atom stereocenters. The van der Waals surface area contributed by atoms with Crippen LogP contribution in [0.25, 0.3) is 0 Å². The van der Waals surface area contributed by atoms with Gasteiger partial charge in [0.1, 0.15) is 0 Å². The second-order valence-corrected chi connectivity index (χ2v) is 4.88. The highest BCUT2D eigenvalue weighted by molar-refractivity contribution is 5.74. The second kappa shape index (κ2) is 8.39. The molecule has 0 saturated heterocycles. The summed E-state index contributed by atoms with van der Waals surface area (Å²) in [5.41, 5.74) is 0. The van der Waals surface area contributed by atoms with Crippen LogP contribution in [0.3, 0.4) is 0 Å². The summed E-state index contributed by atoms with van der Waals surface area (Å²) in [5.74, 6) is 0.764. The van der Waals surface area contributed by atoms with Gasteiger partial charge in [0.05, 0.1) is 0 Å². The average Bonchev–Trinajstić information content (AvgIpc) is 2.22. The summed E-state index contributed by atoms with van der Waals surface area (Å²) >= 11 is 0. The van der Waals surface area contributed by atoms with E-state index in [2.05, 4.69) is 24.5 Å². The Balaban J connectivity index is 3.58. The van der Waals surface area contributed by atoms with Gasteiger partial charge >= 0.3 is 6.03 Å². The summed E-state index contributed by atoms with van der Waals surface area (Å²) in [4.78, 5) is 11.4. The van der Waals surface area contributed by atoms with Crippen molar-refractivity contribution >= 4 is 6.03 Å². The third-order valence-corrected chi connectivity index (χ3v) is 2.74. The molecule has 0 aromatic heterocycles. The molecule has 0 fully saturated rings. The Morgan fingerprint density at radius 3 is 2.38 bits per heavy atom. The minimum Gasteiger partial charge on any atom is -0.396 e. The number of carbonyl (C=O) groups is 1. The molecule has 0 aromatic carbocycles. The highest BCUT2D eigenvalue weighted by Gasteiger charge is 2.13. The lowest BCUT2D eigenvalue weighted by atomic mass is 10.1. The van der Waals surface area contributed by atoms with Gasteiger partial charge in [0.15, 0.2) is 0 Å². The minimum absolute atomic E-state index is 0.00454. The molecule has 0 spiro atoms. The fourth-order valence-corrected chi connectivity index (χ4v) is 1.27. The molecule has 2 amide bonds. The molecule has 4 nitrogen and oxygen atoms in total. The van der Waals surface area contributed by atoms with Gasteiger partial charge in [-0.1, -0.05) is 20.8 Å². The Morgan fingerprint density at radius 1 is 1.25 bits per heavy atom. The molecule has 0 heterocycles. The van der Waals surface area contributed by atoms with Crippen molar-refractivity contribution in [2.75, 3.05) is 13.2 Å². The highest BCUT2D eigenvalue weighted by atomic mass is 16.3. The molecule has 3 N–H and O–H groups in total. The number of aliphatic hydroxyl groups excluding tert-OH is 1. The molecule has 0 aliphatic heterocycles. The predicted molar refractivity (Wildman–Crippen MR) is 66.3 cm³/mol. The molecule has 4 heteroatoms. The van der Waals surface area contributed by atoms with Gasteiger partial charge < -0.3 is 15.7 Å². The van der Waals surface area contributed by atoms with E-state index in [9.17, 15) is 4.79 Å².